The van der Waals surface area contributed by atoms with Crippen LogP contribution in [0.4, 0.5) is 0 Å². The lowest BCUT2D eigenvalue weighted by molar-refractivity contribution is 0.436. The third-order valence-corrected chi connectivity index (χ3v) is 4.17. The lowest BCUT2D eigenvalue weighted by Crippen LogP contribution is -2.11. The van der Waals surface area contributed by atoms with Gasteiger partial charge in [-0.25, -0.2) is 4.21 Å². The summed E-state index contributed by atoms with van der Waals surface area (Å²) in [5, 5.41) is 0. The molecule has 0 saturated heterocycles. The van der Waals surface area contributed by atoms with Crippen LogP contribution in [0, 0.1) is 0 Å². The first-order chi connectivity index (χ1) is 7.75. The van der Waals surface area contributed by atoms with Crippen molar-refractivity contribution in [3.8, 4) is 5.75 Å². The number of para-hydroxylation sites is 1. The summed E-state index contributed by atoms with van der Waals surface area (Å²) in [5.74, 6) is 1.39. The van der Waals surface area contributed by atoms with Gasteiger partial charge in [0.15, 0.2) is 0 Å². The maximum absolute atomic E-state index is 11.9. The predicted molar refractivity (Wildman–Crippen MR) is 65.2 cm³/mol. The molecular formula is C12H7ClO2S. The van der Waals surface area contributed by atoms with Gasteiger partial charge in [-0.3, -0.25) is 0 Å². The first-order valence-electron chi connectivity index (χ1n) is 4.74. The van der Waals surface area contributed by atoms with Gasteiger partial charge in [0, 0.05) is 5.56 Å². The van der Waals surface area contributed by atoms with Gasteiger partial charge in [-0.1, -0.05) is 29.8 Å². The zero-order chi connectivity index (χ0) is 11.1. The Morgan fingerprint density at radius 1 is 1.19 bits per heavy atom. The minimum absolute atomic E-state index is 0.331. The summed E-state index contributed by atoms with van der Waals surface area (Å²) in [6, 6.07) is 7.62. The van der Waals surface area contributed by atoms with Crippen LogP contribution in [0.1, 0.15) is 5.56 Å². The van der Waals surface area contributed by atoms with E-state index in [1.54, 1.807) is 12.2 Å². The highest BCUT2D eigenvalue weighted by molar-refractivity contribution is 7.94. The summed E-state index contributed by atoms with van der Waals surface area (Å²) in [7, 11) is -1.31. The fraction of sp³-hybridized carbons (Fsp3) is 0. The Kier molecular flexibility index (Phi) is 2.23. The van der Waals surface area contributed by atoms with Gasteiger partial charge < -0.3 is 4.74 Å². The Labute approximate surface area is 100 Å². The Balaban J connectivity index is 2.18. The van der Waals surface area contributed by atoms with E-state index in [1.807, 2.05) is 30.3 Å². The van der Waals surface area contributed by atoms with Crippen molar-refractivity contribution < 1.29 is 8.95 Å². The molecule has 2 aliphatic rings. The van der Waals surface area contributed by atoms with Crippen LogP contribution >= 0.6 is 11.6 Å². The second kappa shape index (κ2) is 3.61. The number of ether oxygens (including phenoxy) is 1. The zero-order valence-electron chi connectivity index (χ0n) is 8.14. The summed E-state index contributed by atoms with van der Waals surface area (Å²) in [4.78, 5) is 0.631. The van der Waals surface area contributed by atoms with E-state index in [0.717, 1.165) is 11.3 Å². The summed E-state index contributed by atoms with van der Waals surface area (Å²) in [5.41, 5.74) is 0.925. The van der Waals surface area contributed by atoms with Crippen LogP contribution in [0.15, 0.2) is 51.4 Å². The average Bonchev–Trinajstić information content (AvgIpc) is 2.32. The van der Waals surface area contributed by atoms with Gasteiger partial charge in [0.25, 0.3) is 0 Å². The molecule has 1 atom stereocenters. The van der Waals surface area contributed by atoms with Crippen molar-refractivity contribution >= 4 is 28.5 Å². The van der Waals surface area contributed by atoms with Crippen molar-refractivity contribution in [3.63, 3.8) is 0 Å². The van der Waals surface area contributed by atoms with Crippen LogP contribution in [0.25, 0.3) is 6.08 Å². The Morgan fingerprint density at radius 3 is 2.88 bits per heavy atom. The van der Waals surface area contributed by atoms with Crippen LogP contribution in [-0.2, 0) is 10.8 Å². The smallest absolute Gasteiger partial charge is 0.144 e. The van der Waals surface area contributed by atoms with Gasteiger partial charge in [-0.2, -0.15) is 0 Å². The lowest BCUT2D eigenvalue weighted by Gasteiger charge is -2.21. The average molecular weight is 251 g/mol. The van der Waals surface area contributed by atoms with E-state index < -0.39 is 10.8 Å². The second-order valence-corrected chi connectivity index (χ2v) is 5.47. The number of rotatable bonds is 0. The van der Waals surface area contributed by atoms with Gasteiger partial charge in [0.05, 0.1) is 4.91 Å². The van der Waals surface area contributed by atoms with E-state index in [2.05, 4.69) is 0 Å². The fourth-order valence-corrected chi connectivity index (χ4v) is 2.88. The number of hydrogen-bond acceptors (Lipinski definition) is 2. The standard InChI is InChI=1S/C12H7ClO2S/c13-12-6-5-10-11(16(12)14)7-8-3-1-2-4-9(8)15-10/h1-7H. The molecule has 0 amide bonds. The van der Waals surface area contributed by atoms with E-state index in [9.17, 15) is 4.21 Å². The normalized spacial score (nSPS) is 22.1. The second-order valence-electron chi connectivity index (χ2n) is 3.42. The molecule has 3 rings (SSSR count). The van der Waals surface area contributed by atoms with E-state index in [0.29, 0.717) is 15.0 Å². The Hall–Kier alpha value is -1.32. The highest BCUT2D eigenvalue weighted by Gasteiger charge is 2.25. The van der Waals surface area contributed by atoms with Gasteiger partial charge in [0.2, 0.25) is 0 Å². The van der Waals surface area contributed by atoms with Gasteiger partial charge in [0.1, 0.15) is 26.7 Å². The third kappa shape index (κ3) is 1.44. The molecule has 16 heavy (non-hydrogen) atoms. The van der Waals surface area contributed by atoms with Gasteiger partial charge in [-0.05, 0) is 24.3 Å². The lowest BCUT2D eigenvalue weighted by atomic mass is 10.1. The van der Waals surface area contributed by atoms with Crippen molar-refractivity contribution in [2.75, 3.05) is 0 Å². The van der Waals surface area contributed by atoms with E-state index in [1.165, 1.54) is 0 Å². The molecule has 0 saturated carbocycles. The number of halogens is 1. The largest absolute Gasteiger partial charge is 0.455 e. The van der Waals surface area contributed by atoms with Crippen molar-refractivity contribution in [3.05, 3.63) is 57.0 Å². The fourth-order valence-electron chi connectivity index (χ4n) is 1.64. The Bertz CT molecular complexity index is 584. The van der Waals surface area contributed by atoms with Gasteiger partial charge >= 0.3 is 0 Å². The quantitative estimate of drug-likeness (QED) is 0.707. The number of allylic oxidation sites excluding steroid dienone is 2. The van der Waals surface area contributed by atoms with Crippen molar-refractivity contribution in [2.24, 2.45) is 0 Å². The van der Waals surface area contributed by atoms with E-state index >= 15 is 0 Å². The van der Waals surface area contributed by atoms with Crippen LogP contribution < -0.4 is 4.74 Å². The van der Waals surface area contributed by atoms with Crippen LogP contribution in [0.5, 0.6) is 5.75 Å². The molecule has 2 aliphatic heterocycles. The molecule has 1 unspecified atom stereocenters. The topological polar surface area (TPSA) is 26.3 Å². The SMILES string of the molecule is O=S1C(Cl)=CC=C2Oc3ccccc3C=C21. The van der Waals surface area contributed by atoms with Crippen LogP contribution in [-0.4, -0.2) is 4.21 Å². The highest BCUT2D eigenvalue weighted by atomic mass is 35.5. The maximum Gasteiger partial charge on any atom is 0.144 e. The maximum atomic E-state index is 11.9. The van der Waals surface area contributed by atoms with Crippen LogP contribution in [0.3, 0.4) is 0 Å². The molecule has 2 heterocycles. The summed E-state index contributed by atoms with van der Waals surface area (Å²) >= 11 is 5.83. The van der Waals surface area contributed by atoms with Crippen LogP contribution in [0.2, 0.25) is 0 Å². The van der Waals surface area contributed by atoms with Crippen molar-refractivity contribution in [1.82, 2.24) is 0 Å². The number of fused-ring (bicyclic) bond motifs is 2. The molecule has 2 nitrogen and oxygen atoms in total. The molecular weight excluding hydrogens is 244 g/mol. The first-order valence-corrected chi connectivity index (χ1v) is 6.27. The molecule has 0 N–H and O–H groups in total. The predicted octanol–water partition coefficient (Wildman–Crippen LogP) is 3.15. The molecule has 1 aromatic carbocycles. The minimum atomic E-state index is -1.31. The molecule has 0 aromatic heterocycles. The molecule has 80 valence electrons. The highest BCUT2D eigenvalue weighted by Crippen LogP contribution is 2.37. The molecule has 1 aromatic rings. The monoisotopic (exact) mass is 250 g/mol. The molecule has 0 aliphatic carbocycles. The van der Waals surface area contributed by atoms with Crippen molar-refractivity contribution in [1.29, 1.82) is 0 Å². The van der Waals surface area contributed by atoms with E-state index in [-0.39, 0.29) is 0 Å². The minimum Gasteiger partial charge on any atom is -0.455 e. The van der Waals surface area contributed by atoms with Crippen molar-refractivity contribution in [2.45, 2.75) is 0 Å². The Morgan fingerprint density at radius 2 is 2.00 bits per heavy atom. The van der Waals surface area contributed by atoms with Gasteiger partial charge in [-0.15, -0.1) is 0 Å². The summed E-state index contributed by atoms with van der Waals surface area (Å²) in [6.07, 6.45) is 5.21. The molecule has 0 radical (unpaired) electrons. The first kappa shape index (κ1) is 9.87. The molecule has 0 bridgehead atoms. The summed E-state index contributed by atoms with van der Waals surface area (Å²) in [6.45, 7) is 0. The zero-order valence-corrected chi connectivity index (χ0v) is 9.72. The summed E-state index contributed by atoms with van der Waals surface area (Å²) < 4.78 is 17.9. The molecule has 4 heteroatoms. The molecule has 0 spiro atoms. The number of benzene rings is 1. The molecule has 0 fully saturated rings. The van der Waals surface area contributed by atoms with E-state index in [4.69, 9.17) is 16.3 Å². The third-order valence-electron chi connectivity index (χ3n) is 2.41. The number of hydrogen-bond donors (Lipinski definition) is 0.